The summed E-state index contributed by atoms with van der Waals surface area (Å²) in [7, 11) is 0. The van der Waals surface area contributed by atoms with Crippen molar-refractivity contribution in [1.82, 2.24) is 5.16 Å². The molecule has 0 amide bonds. The highest BCUT2D eigenvalue weighted by molar-refractivity contribution is 9.10. The minimum Gasteiger partial charge on any atom is -0.486 e. The van der Waals surface area contributed by atoms with Crippen molar-refractivity contribution >= 4 is 21.8 Å². The summed E-state index contributed by atoms with van der Waals surface area (Å²) in [6.07, 6.45) is 0.799. The van der Waals surface area contributed by atoms with Gasteiger partial charge >= 0.3 is 0 Å². The number of anilines is 1. The summed E-state index contributed by atoms with van der Waals surface area (Å²) >= 11 is 3.55. The molecule has 19 heavy (non-hydrogen) atoms. The topological polar surface area (TPSA) is 70.5 Å². The molecule has 3 rings (SSSR count). The molecule has 2 heterocycles. The molecule has 1 aromatic heterocycles. The Bertz CT molecular complexity index is 625. The number of nitrogen functional groups attached to an aromatic ring is 1. The number of benzene rings is 1. The molecule has 0 aliphatic carbocycles. The second kappa shape index (κ2) is 4.77. The molecule has 5 nitrogen and oxygen atoms in total. The predicted molar refractivity (Wildman–Crippen MR) is 74.4 cm³/mol. The lowest BCUT2D eigenvalue weighted by atomic mass is 10.0. The average Bonchev–Trinajstić information content (AvgIpc) is 2.83. The normalized spacial score (nSPS) is 13.6. The lowest BCUT2D eigenvalue weighted by Gasteiger charge is -2.23. The van der Waals surface area contributed by atoms with Gasteiger partial charge in [-0.15, -0.1) is 0 Å². The van der Waals surface area contributed by atoms with Gasteiger partial charge in [-0.2, -0.15) is 0 Å². The number of aromatic nitrogens is 1. The van der Waals surface area contributed by atoms with Gasteiger partial charge < -0.3 is 19.7 Å². The van der Waals surface area contributed by atoms with E-state index in [9.17, 15) is 0 Å². The van der Waals surface area contributed by atoms with Crippen LogP contribution >= 0.6 is 15.9 Å². The molecule has 0 radical (unpaired) electrons. The van der Waals surface area contributed by atoms with Crippen molar-refractivity contribution in [3.05, 3.63) is 22.2 Å². The summed E-state index contributed by atoms with van der Waals surface area (Å²) in [4.78, 5) is 0. The van der Waals surface area contributed by atoms with Crippen molar-refractivity contribution in [3.63, 3.8) is 0 Å². The van der Waals surface area contributed by atoms with Gasteiger partial charge in [0.15, 0.2) is 11.5 Å². The summed E-state index contributed by atoms with van der Waals surface area (Å²) in [5.74, 6) is 1.84. The standard InChI is InChI=1S/C13H13BrN2O3/c1-2-7-12(9-6-11(15)19-16-9)8(14)5-10-13(7)18-4-3-17-10/h5-6H,2-4,15H2,1H3. The highest BCUT2D eigenvalue weighted by atomic mass is 79.9. The van der Waals surface area contributed by atoms with E-state index in [-0.39, 0.29) is 0 Å². The van der Waals surface area contributed by atoms with Gasteiger partial charge in [-0.25, -0.2) is 0 Å². The van der Waals surface area contributed by atoms with Gasteiger partial charge in [0.05, 0.1) is 0 Å². The third-order valence-electron chi connectivity index (χ3n) is 3.02. The SMILES string of the molecule is CCc1c2c(cc(Br)c1-c1cc(N)on1)OCCO2. The Labute approximate surface area is 118 Å². The first-order chi connectivity index (χ1) is 9.20. The van der Waals surface area contributed by atoms with E-state index in [0.29, 0.717) is 24.8 Å². The molecule has 2 aromatic rings. The Morgan fingerprint density at radius 1 is 1.32 bits per heavy atom. The number of hydrogen-bond acceptors (Lipinski definition) is 5. The Kier molecular flexibility index (Phi) is 3.10. The maximum Gasteiger partial charge on any atom is 0.222 e. The van der Waals surface area contributed by atoms with E-state index >= 15 is 0 Å². The minimum absolute atomic E-state index is 0.291. The smallest absolute Gasteiger partial charge is 0.222 e. The first-order valence-corrected chi connectivity index (χ1v) is 6.83. The van der Waals surface area contributed by atoms with Crippen LogP contribution < -0.4 is 15.2 Å². The maximum atomic E-state index is 5.73. The molecule has 2 N–H and O–H groups in total. The molecule has 0 atom stereocenters. The second-order valence-corrected chi connectivity index (χ2v) is 5.06. The average molecular weight is 325 g/mol. The lowest BCUT2D eigenvalue weighted by Crippen LogP contribution is -2.17. The van der Waals surface area contributed by atoms with Crippen LogP contribution in [0.3, 0.4) is 0 Å². The summed E-state index contributed by atoms with van der Waals surface area (Å²) in [5.41, 5.74) is 8.26. The fourth-order valence-corrected chi connectivity index (χ4v) is 2.89. The van der Waals surface area contributed by atoms with Crippen molar-refractivity contribution in [2.45, 2.75) is 13.3 Å². The van der Waals surface area contributed by atoms with E-state index in [1.54, 1.807) is 6.07 Å². The monoisotopic (exact) mass is 324 g/mol. The summed E-state index contributed by atoms with van der Waals surface area (Å²) in [6, 6.07) is 3.60. The maximum absolute atomic E-state index is 5.73. The van der Waals surface area contributed by atoms with Crippen LogP contribution in [0.2, 0.25) is 0 Å². The van der Waals surface area contributed by atoms with E-state index in [2.05, 4.69) is 28.0 Å². The second-order valence-electron chi connectivity index (χ2n) is 4.20. The molecular formula is C13H13BrN2O3. The van der Waals surface area contributed by atoms with Crippen LogP contribution in [-0.4, -0.2) is 18.4 Å². The van der Waals surface area contributed by atoms with Crippen LogP contribution in [0.5, 0.6) is 11.5 Å². The number of nitrogens with zero attached hydrogens (tertiary/aromatic N) is 1. The molecule has 0 saturated carbocycles. The van der Waals surface area contributed by atoms with Gasteiger partial charge in [0.1, 0.15) is 18.9 Å². The largest absolute Gasteiger partial charge is 0.486 e. The zero-order valence-electron chi connectivity index (χ0n) is 10.4. The Morgan fingerprint density at radius 2 is 2.11 bits per heavy atom. The van der Waals surface area contributed by atoms with Gasteiger partial charge in [0.25, 0.3) is 0 Å². The van der Waals surface area contributed by atoms with E-state index < -0.39 is 0 Å². The van der Waals surface area contributed by atoms with E-state index in [1.165, 1.54) is 0 Å². The van der Waals surface area contributed by atoms with Crippen LogP contribution in [0.25, 0.3) is 11.3 Å². The quantitative estimate of drug-likeness (QED) is 0.919. The number of ether oxygens (including phenoxy) is 2. The van der Waals surface area contributed by atoms with Crippen LogP contribution in [0.1, 0.15) is 12.5 Å². The van der Waals surface area contributed by atoms with Crippen molar-refractivity contribution in [2.75, 3.05) is 18.9 Å². The molecular weight excluding hydrogens is 312 g/mol. The van der Waals surface area contributed by atoms with Gasteiger partial charge in [-0.05, 0) is 28.4 Å². The van der Waals surface area contributed by atoms with Crippen LogP contribution in [-0.2, 0) is 6.42 Å². The highest BCUT2D eigenvalue weighted by Gasteiger charge is 2.23. The number of hydrogen-bond donors (Lipinski definition) is 1. The molecule has 1 aromatic carbocycles. The minimum atomic E-state index is 0.291. The van der Waals surface area contributed by atoms with Gasteiger partial charge in [-0.3, -0.25) is 0 Å². The van der Waals surface area contributed by atoms with Crippen molar-refractivity contribution in [3.8, 4) is 22.8 Å². The third kappa shape index (κ3) is 2.06. The van der Waals surface area contributed by atoms with Crippen LogP contribution in [0, 0.1) is 0 Å². The molecule has 1 aliphatic rings. The molecule has 1 aliphatic heterocycles. The van der Waals surface area contributed by atoms with Crippen molar-refractivity contribution < 1.29 is 14.0 Å². The Hall–Kier alpha value is -1.69. The van der Waals surface area contributed by atoms with E-state index in [1.807, 2.05) is 6.07 Å². The van der Waals surface area contributed by atoms with Gasteiger partial charge in [-0.1, -0.05) is 12.1 Å². The molecule has 100 valence electrons. The lowest BCUT2D eigenvalue weighted by molar-refractivity contribution is 0.170. The molecule has 0 saturated heterocycles. The Balaban J connectivity index is 2.23. The number of halogens is 1. The zero-order valence-corrected chi connectivity index (χ0v) is 12.0. The Morgan fingerprint density at radius 3 is 2.79 bits per heavy atom. The zero-order chi connectivity index (χ0) is 13.4. The van der Waals surface area contributed by atoms with Gasteiger partial charge in [0, 0.05) is 21.7 Å². The summed E-state index contributed by atoms with van der Waals surface area (Å²) in [6.45, 7) is 3.19. The fraction of sp³-hybridized carbons (Fsp3) is 0.308. The molecule has 0 bridgehead atoms. The number of nitrogens with two attached hydrogens (primary N) is 1. The van der Waals surface area contributed by atoms with Gasteiger partial charge in [0.2, 0.25) is 5.88 Å². The molecule has 6 heteroatoms. The van der Waals surface area contributed by atoms with E-state index in [0.717, 1.165) is 33.5 Å². The summed E-state index contributed by atoms with van der Waals surface area (Å²) in [5, 5.41) is 3.98. The highest BCUT2D eigenvalue weighted by Crippen LogP contribution is 2.44. The molecule has 0 spiro atoms. The first kappa shape index (κ1) is 12.3. The summed E-state index contributed by atoms with van der Waals surface area (Å²) < 4.78 is 17.2. The predicted octanol–water partition coefficient (Wildman–Crippen LogP) is 3.02. The van der Waals surface area contributed by atoms with Crippen LogP contribution in [0.15, 0.2) is 21.1 Å². The van der Waals surface area contributed by atoms with Crippen molar-refractivity contribution in [1.29, 1.82) is 0 Å². The number of fused-ring (bicyclic) bond motifs is 1. The first-order valence-electron chi connectivity index (χ1n) is 6.04. The third-order valence-corrected chi connectivity index (χ3v) is 3.65. The van der Waals surface area contributed by atoms with E-state index in [4.69, 9.17) is 19.7 Å². The number of rotatable bonds is 2. The molecule has 0 unspecified atom stereocenters. The van der Waals surface area contributed by atoms with Crippen LogP contribution in [0.4, 0.5) is 5.88 Å². The fourth-order valence-electron chi connectivity index (χ4n) is 2.24. The molecule has 0 fully saturated rings. The van der Waals surface area contributed by atoms with Crippen molar-refractivity contribution in [2.24, 2.45) is 0 Å².